The summed E-state index contributed by atoms with van der Waals surface area (Å²) >= 11 is 5.91. The lowest BCUT2D eigenvalue weighted by Crippen LogP contribution is -2.25. The van der Waals surface area contributed by atoms with Gasteiger partial charge >= 0.3 is 0 Å². The molecule has 0 saturated heterocycles. The monoisotopic (exact) mass is 288 g/mol. The fraction of sp³-hybridized carbons (Fsp3) is 0.188. The van der Waals surface area contributed by atoms with Crippen LogP contribution in [0.5, 0.6) is 0 Å². The number of amides is 1. The molecule has 0 atom stereocenters. The van der Waals surface area contributed by atoms with Crippen molar-refractivity contribution >= 4 is 23.2 Å². The molecule has 0 heterocycles. The Labute approximate surface area is 123 Å². The van der Waals surface area contributed by atoms with Gasteiger partial charge < -0.3 is 11.1 Å². The Bertz CT molecular complexity index is 626. The molecule has 3 nitrogen and oxygen atoms in total. The topological polar surface area (TPSA) is 55.1 Å². The number of nitrogens with two attached hydrogens (primary N) is 1. The second-order valence-electron chi connectivity index (χ2n) is 4.71. The van der Waals surface area contributed by atoms with Gasteiger partial charge in [-0.1, -0.05) is 29.8 Å². The fourth-order valence-electron chi connectivity index (χ4n) is 1.90. The molecular formula is C16H17ClN2O. The van der Waals surface area contributed by atoms with Crippen LogP contribution < -0.4 is 11.1 Å². The second kappa shape index (κ2) is 6.44. The largest absolute Gasteiger partial charge is 0.398 e. The van der Waals surface area contributed by atoms with Gasteiger partial charge in [0.2, 0.25) is 0 Å². The second-order valence-corrected chi connectivity index (χ2v) is 5.14. The lowest BCUT2D eigenvalue weighted by Gasteiger charge is -2.07. The molecule has 4 heteroatoms. The molecule has 20 heavy (non-hydrogen) atoms. The van der Waals surface area contributed by atoms with E-state index in [0.29, 0.717) is 22.8 Å². The van der Waals surface area contributed by atoms with E-state index in [1.54, 1.807) is 12.1 Å². The Morgan fingerprint density at radius 3 is 2.75 bits per heavy atom. The van der Waals surface area contributed by atoms with E-state index in [1.807, 2.05) is 37.3 Å². The summed E-state index contributed by atoms with van der Waals surface area (Å²) in [5.74, 6) is -0.112. The van der Waals surface area contributed by atoms with E-state index < -0.39 is 0 Å². The van der Waals surface area contributed by atoms with Crippen LogP contribution in [0.4, 0.5) is 5.69 Å². The molecule has 0 radical (unpaired) electrons. The summed E-state index contributed by atoms with van der Waals surface area (Å²) in [6, 6.07) is 12.9. The molecule has 2 aromatic rings. The standard InChI is InChI=1S/C16H17ClN2O/c1-11-5-6-13(10-15(11)18)16(20)19-8-7-12-3-2-4-14(17)9-12/h2-6,9-10H,7-8,18H2,1H3,(H,19,20). The Morgan fingerprint density at radius 2 is 2.05 bits per heavy atom. The van der Waals surface area contributed by atoms with Crippen molar-refractivity contribution in [2.75, 3.05) is 12.3 Å². The maximum atomic E-state index is 12.0. The van der Waals surface area contributed by atoms with Gasteiger partial charge in [0.15, 0.2) is 0 Å². The Balaban J connectivity index is 1.90. The molecule has 0 spiro atoms. The third kappa shape index (κ3) is 3.75. The summed E-state index contributed by atoms with van der Waals surface area (Å²) < 4.78 is 0. The van der Waals surface area contributed by atoms with Gasteiger partial charge in [-0.15, -0.1) is 0 Å². The first-order valence-corrected chi connectivity index (χ1v) is 6.83. The molecule has 104 valence electrons. The number of anilines is 1. The van der Waals surface area contributed by atoms with Crippen molar-refractivity contribution < 1.29 is 4.79 Å². The zero-order chi connectivity index (χ0) is 14.5. The lowest BCUT2D eigenvalue weighted by molar-refractivity contribution is 0.0954. The number of carbonyl (C=O) groups excluding carboxylic acids is 1. The van der Waals surface area contributed by atoms with Crippen molar-refractivity contribution in [3.63, 3.8) is 0 Å². The van der Waals surface area contributed by atoms with Crippen LogP contribution in [0.1, 0.15) is 21.5 Å². The molecule has 0 aliphatic heterocycles. The number of rotatable bonds is 4. The molecule has 0 aromatic heterocycles. The molecule has 0 bridgehead atoms. The molecule has 0 saturated carbocycles. The Kier molecular flexibility index (Phi) is 4.64. The maximum absolute atomic E-state index is 12.0. The highest BCUT2D eigenvalue weighted by Crippen LogP contribution is 2.13. The van der Waals surface area contributed by atoms with Gasteiger partial charge in [0, 0.05) is 22.8 Å². The highest BCUT2D eigenvalue weighted by atomic mass is 35.5. The molecule has 1 amide bonds. The molecule has 0 aliphatic carbocycles. The molecule has 0 aliphatic rings. The third-order valence-corrected chi connectivity index (χ3v) is 3.36. The van der Waals surface area contributed by atoms with Gasteiger partial charge in [0.05, 0.1) is 0 Å². The van der Waals surface area contributed by atoms with Gasteiger partial charge in [-0.25, -0.2) is 0 Å². The van der Waals surface area contributed by atoms with E-state index in [2.05, 4.69) is 5.32 Å². The van der Waals surface area contributed by atoms with Crippen LogP contribution in [0.2, 0.25) is 5.02 Å². The first-order valence-electron chi connectivity index (χ1n) is 6.45. The number of nitrogens with one attached hydrogen (secondary N) is 1. The summed E-state index contributed by atoms with van der Waals surface area (Å²) in [4.78, 5) is 12.0. The van der Waals surface area contributed by atoms with Gasteiger partial charge in [-0.2, -0.15) is 0 Å². The Hall–Kier alpha value is -2.00. The zero-order valence-electron chi connectivity index (χ0n) is 11.3. The van der Waals surface area contributed by atoms with Crippen LogP contribution in [0, 0.1) is 6.92 Å². The van der Waals surface area contributed by atoms with Crippen molar-refractivity contribution in [1.29, 1.82) is 0 Å². The Morgan fingerprint density at radius 1 is 1.25 bits per heavy atom. The minimum atomic E-state index is -0.112. The van der Waals surface area contributed by atoms with E-state index in [1.165, 1.54) is 0 Å². The quantitative estimate of drug-likeness (QED) is 0.849. The molecular weight excluding hydrogens is 272 g/mol. The van der Waals surface area contributed by atoms with E-state index in [0.717, 1.165) is 17.5 Å². The number of halogens is 1. The highest BCUT2D eigenvalue weighted by Gasteiger charge is 2.06. The smallest absolute Gasteiger partial charge is 0.251 e. The summed E-state index contributed by atoms with van der Waals surface area (Å²) in [6.45, 7) is 2.48. The van der Waals surface area contributed by atoms with E-state index in [-0.39, 0.29) is 5.91 Å². The van der Waals surface area contributed by atoms with Crippen LogP contribution in [0.3, 0.4) is 0 Å². The lowest BCUT2D eigenvalue weighted by atomic mass is 10.1. The van der Waals surface area contributed by atoms with Crippen molar-refractivity contribution in [1.82, 2.24) is 5.32 Å². The summed E-state index contributed by atoms with van der Waals surface area (Å²) in [5, 5.41) is 3.58. The van der Waals surface area contributed by atoms with Crippen LogP contribution >= 0.6 is 11.6 Å². The van der Waals surface area contributed by atoms with E-state index in [9.17, 15) is 4.79 Å². The number of hydrogen-bond acceptors (Lipinski definition) is 2. The number of benzene rings is 2. The SMILES string of the molecule is Cc1ccc(C(=O)NCCc2cccc(Cl)c2)cc1N. The molecule has 3 N–H and O–H groups in total. The average molecular weight is 289 g/mol. The third-order valence-electron chi connectivity index (χ3n) is 3.13. The van der Waals surface area contributed by atoms with Crippen LogP contribution in [0.25, 0.3) is 0 Å². The van der Waals surface area contributed by atoms with Crippen molar-refractivity contribution in [2.24, 2.45) is 0 Å². The number of hydrogen-bond donors (Lipinski definition) is 2. The molecule has 0 unspecified atom stereocenters. The number of nitrogen functional groups attached to an aromatic ring is 1. The highest BCUT2D eigenvalue weighted by molar-refractivity contribution is 6.30. The summed E-state index contributed by atoms with van der Waals surface area (Å²) in [6.07, 6.45) is 0.744. The van der Waals surface area contributed by atoms with Crippen molar-refractivity contribution in [2.45, 2.75) is 13.3 Å². The molecule has 2 aromatic carbocycles. The maximum Gasteiger partial charge on any atom is 0.251 e. The minimum Gasteiger partial charge on any atom is -0.398 e. The zero-order valence-corrected chi connectivity index (χ0v) is 12.1. The van der Waals surface area contributed by atoms with Crippen LogP contribution in [-0.2, 0) is 6.42 Å². The predicted molar refractivity (Wildman–Crippen MR) is 83.1 cm³/mol. The minimum absolute atomic E-state index is 0.112. The average Bonchev–Trinajstić information content (AvgIpc) is 2.42. The van der Waals surface area contributed by atoms with Crippen molar-refractivity contribution in [3.05, 3.63) is 64.2 Å². The van der Waals surface area contributed by atoms with Crippen LogP contribution in [0.15, 0.2) is 42.5 Å². The summed E-state index contributed by atoms with van der Waals surface area (Å²) in [5.41, 5.74) is 9.09. The number of aryl methyl sites for hydroxylation is 1. The predicted octanol–water partition coefficient (Wildman–Crippen LogP) is 3.20. The fourth-order valence-corrected chi connectivity index (χ4v) is 2.11. The van der Waals surface area contributed by atoms with Gasteiger partial charge in [0.1, 0.15) is 0 Å². The first-order chi connectivity index (χ1) is 9.56. The first kappa shape index (κ1) is 14.4. The van der Waals surface area contributed by atoms with Crippen LogP contribution in [-0.4, -0.2) is 12.5 Å². The molecule has 2 rings (SSSR count). The normalized spacial score (nSPS) is 10.3. The number of carbonyl (C=O) groups is 1. The van der Waals surface area contributed by atoms with Gasteiger partial charge in [0.25, 0.3) is 5.91 Å². The molecule has 0 fully saturated rings. The van der Waals surface area contributed by atoms with Gasteiger partial charge in [-0.3, -0.25) is 4.79 Å². The van der Waals surface area contributed by atoms with Gasteiger partial charge in [-0.05, 0) is 48.7 Å². The van der Waals surface area contributed by atoms with E-state index in [4.69, 9.17) is 17.3 Å². The summed E-state index contributed by atoms with van der Waals surface area (Å²) in [7, 11) is 0. The van der Waals surface area contributed by atoms with E-state index >= 15 is 0 Å². The van der Waals surface area contributed by atoms with Crippen molar-refractivity contribution in [3.8, 4) is 0 Å².